The molecular weight excluding hydrogens is 266 g/mol. The zero-order chi connectivity index (χ0) is 14.3. The number of carbonyl (C=O) groups is 2. The number of carbonyl (C=O) groups excluding carboxylic acids is 2. The van der Waals surface area contributed by atoms with Crippen LogP contribution >= 0.6 is 11.8 Å². The van der Waals surface area contributed by atoms with E-state index in [1.165, 1.54) is 11.8 Å². The molecule has 0 aliphatic heterocycles. The molecule has 0 fully saturated rings. The van der Waals surface area contributed by atoms with Crippen molar-refractivity contribution < 1.29 is 14.3 Å². The Balaban J connectivity index is 2.35. The van der Waals surface area contributed by atoms with Crippen LogP contribution in [0.1, 0.15) is 26.8 Å². The number of rotatable bonds is 7. The number of nitrogens with one attached hydrogen (secondary N) is 1. The fraction of sp³-hybridized carbons (Fsp3) is 0.583. The lowest BCUT2D eigenvalue weighted by molar-refractivity contribution is -0.139. The van der Waals surface area contributed by atoms with E-state index in [0.29, 0.717) is 12.4 Å². The SMILES string of the molecule is CCOC(=O)CSCC(=O)Nc1ccnn1C(C)C. The molecule has 0 spiro atoms. The Morgan fingerprint density at radius 2 is 2.21 bits per heavy atom. The monoisotopic (exact) mass is 285 g/mol. The number of nitrogens with zero attached hydrogens (tertiary/aromatic N) is 2. The van der Waals surface area contributed by atoms with Gasteiger partial charge in [0.15, 0.2) is 0 Å². The van der Waals surface area contributed by atoms with E-state index in [-0.39, 0.29) is 29.4 Å². The van der Waals surface area contributed by atoms with Crippen molar-refractivity contribution in [2.75, 3.05) is 23.4 Å². The standard InChI is InChI=1S/C12H19N3O3S/c1-4-18-12(17)8-19-7-11(16)14-10-5-6-13-15(10)9(2)3/h5-6,9H,4,7-8H2,1-3H3,(H,14,16). The van der Waals surface area contributed by atoms with Crippen molar-refractivity contribution in [3.8, 4) is 0 Å². The molecule has 19 heavy (non-hydrogen) atoms. The van der Waals surface area contributed by atoms with Gasteiger partial charge in [-0.15, -0.1) is 11.8 Å². The van der Waals surface area contributed by atoms with Crippen LogP contribution in [0.25, 0.3) is 0 Å². The molecule has 0 radical (unpaired) electrons. The first-order valence-electron chi connectivity index (χ1n) is 6.11. The van der Waals surface area contributed by atoms with Crippen molar-refractivity contribution in [2.45, 2.75) is 26.8 Å². The second-order valence-electron chi connectivity index (χ2n) is 4.10. The van der Waals surface area contributed by atoms with Crippen LogP contribution in [0.2, 0.25) is 0 Å². The number of hydrogen-bond acceptors (Lipinski definition) is 5. The first kappa shape index (κ1) is 15.6. The Bertz CT molecular complexity index is 432. The molecule has 0 atom stereocenters. The van der Waals surface area contributed by atoms with Crippen molar-refractivity contribution in [3.63, 3.8) is 0 Å². The Kier molecular flexibility index (Phi) is 6.41. The molecule has 1 aromatic rings. The van der Waals surface area contributed by atoms with Gasteiger partial charge in [-0.25, -0.2) is 4.68 Å². The van der Waals surface area contributed by atoms with Crippen LogP contribution in [0.3, 0.4) is 0 Å². The predicted molar refractivity (Wildman–Crippen MR) is 75.2 cm³/mol. The lowest BCUT2D eigenvalue weighted by Crippen LogP contribution is -2.19. The second kappa shape index (κ2) is 7.83. The molecule has 1 N–H and O–H groups in total. The summed E-state index contributed by atoms with van der Waals surface area (Å²) in [4.78, 5) is 22.8. The normalized spacial score (nSPS) is 10.5. The van der Waals surface area contributed by atoms with Crippen molar-refractivity contribution in [1.29, 1.82) is 0 Å². The van der Waals surface area contributed by atoms with Gasteiger partial charge >= 0.3 is 5.97 Å². The molecule has 0 unspecified atom stereocenters. The zero-order valence-corrected chi connectivity index (χ0v) is 12.2. The van der Waals surface area contributed by atoms with Crippen LogP contribution in [-0.4, -0.2) is 39.8 Å². The third-order valence-electron chi connectivity index (χ3n) is 2.19. The first-order chi connectivity index (χ1) is 9.04. The van der Waals surface area contributed by atoms with E-state index in [9.17, 15) is 9.59 Å². The summed E-state index contributed by atoms with van der Waals surface area (Å²) in [7, 11) is 0. The highest BCUT2D eigenvalue weighted by atomic mass is 32.2. The van der Waals surface area contributed by atoms with Crippen molar-refractivity contribution >= 4 is 29.5 Å². The van der Waals surface area contributed by atoms with E-state index in [4.69, 9.17) is 4.74 Å². The maximum Gasteiger partial charge on any atom is 0.315 e. The van der Waals surface area contributed by atoms with Crippen LogP contribution in [0, 0.1) is 0 Å². The lowest BCUT2D eigenvalue weighted by Gasteiger charge is -2.11. The Morgan fingerprint density at radius 3 is 2.84 bits per heavy atom. The summed E-state index contributed by atoms with van der Waals surface area (Å²) >= 11 is 1.23. The van der Waals surface area contributed by atoms with Gasteiger partial charge in [0.25, 0.3) is 0 Å². The van der Waals surface area contributed by atoms with Crippen molar-refractivity contribution in [3.05, 3.63) is 12.3 Å². The summed E-state index contributed by atoms with van der Waals surface area (Å²) < 4.78 is 6.50. The van der Waals surface area contributed by atoms with E-state index in [1.54, 1.807) is 23.9 Å². The number of esters is 1. The summed E-state index contributed by atoms with van der Waals surface area (Å²) in [5.74, 6) is 0.605. The fourth-order valence-electron chi connectivity index (χ4n) is 1.43. The summed E-state index contributed by atoms with van der Waals surface area (Å²) in [6.45, 7) is 6.08. The zero-order valence-electron chi connectivity index (χ0n) is 11.4. The molecule has 0 aliphatic rings. The number of hydrogen-bond donors (Lipinski definition) is 1. The molecule has 1 amide bonds. The highest BCUT2D eigenvalue weighted by Gasteiger charge is 2.10. The lowest BCUT2D eigenvalue weighted by atomic mass is 10.4. The number of aromatic nitrogens is 2. The third kappa shape index (κ3) is 5.34. The number of thioether (sulfide) groups is 1. The van der Waals surface area contributed by atoms with Gasteiger partial charge in [0.2, 0.25) is 5.91 Å². The summed E-state index contributed by atoms with van der Waals surface area (Å²) in [5, 5.41) is 6.89. The quantitative estimate of drug-likeness (QED) is 0.772. The van der Waals surface area contributed by atoms with Gasteiger partial charge in [0.1, 0.15) is 5.82 Å². The first-order valence-corrected chi connectivity index (χ1v) is 7.26. The van der Waals surface area contributed by atoms with Gasteiger partial charge in [-0.2, -0.15) is 5.10 Å². The number of amides is 1. The maximum absolute atomic E-state index is 11.7. The van der Waals surface area contributed by atoms with E-state index in [0.717, 1.165) is 0 Å². The van der Waals surface area contributed by atoms with Gasteiger partial charge < -0.3 is 10.1 Å². The molecule has 6 nitrogen and oxygen atoms in total. The van der Waals surface area contributed by atoms with Crippen LogP contribution in [0.4, 0.5) is 5.82 Å². The van der Waals surface area contributed by atoms with E-state index in [2.05, 4.69) is 10.4 Å². The minimum absolute atomic E-state index is 0.156. The van der Waals surface area contributed by atoms with Crippen molar-refractivity contribution in [2.24, 2.45) is 0 Å². The van der Waals surface area contributed by atoms with Crippen LogP contribution in [-0.2, 0) is 14.3 Å². The van der Waals surface area contributed by atoms with Crippen LogP contribution in [0.5, 0.6) is 0 Å². The Hall–Kier alpha value is -1.50. The Labute approximate surface area is 116 Å². The second-order valence-corrected chi connectivity index (χ2v) is 5.09. The highest BCUT2D eigenvalue weighted by Crippen LogP contribution is 2.13. The molecule has 106 valence electrons. The average Bonchev–Trinajstić information content (AvgIpc) is 2.77. The number of ether oxygens (including phenoxy) is 1. The summed E-state index contributed by atoms with van der Waals surface area (Å²) in [6, 6.07) is 1.92. The Morgan fingerprint density at radius 1 is 1.47 bits per heavy atom. The molecule has 1 rings (SSSR count). The minimum Gasteiger partial charge on any atom is -0.465 e. The molecule has 7 heteroatoms. The van der Waals surface area contributed by atoms with Crippen molar-refractivity contribution in [1.82, 2.24) is 9.78 Å². The maximum atomic E-state index is 11.7. The number of anilines is 1. The smallest absolute Gasteiger partial charge is 0.315 e. The predicted octanol–water partition coefficient (Wildman–Crippen LogP) is 1.70. The molecule has 0 aliphatic carbocycles. The van der Waals surface area contributed by atoms with Crippen LogP contribution < -0.4 is 5.32 Å². The molecule has 0 bridgehead atoms. The van der Waals surface area contributed by atoms with E-state index in [1.807, 2.05) is 13.8 Å². The summed E-state index contributed by atoms with van der Waals surface area (Å²) in [5.41, 5.74) is 0. The molecule has 0 saturated carbocycles. The van der Waals surface area contributed by atoms with Gasteiger partial charge in [0, 0.05) is 12.1 Å². The van der Waals surface area contributed by atoms with Gasteiger partial charge in [0.05, 0.1) is 24.3 Å². The molecule has 0 aromatic carbocycles. The largest absolute Gasteiger partial charge is 0.465 e. The minimum atomic E-state index is -0.299. The molecule has 1 aromatic heterocycles. The molecule has 0 saturated heterocycles. The summed E-state index contributed by atoms with van der Waals surface area (Å²) in [6.07, 6.45) is 1.64. The van der Waals surface area contributed by atoms with E-state index < -0.39 is 0 Å². The average molecular weight is 285 g/mol. The van der Waals surface area contributed by atoms with Gasteiger partial charge in [-0.3, -0.25) is 9.59 Å². The third-order valence-corrected chi connectivity index (χ3v) is 3.09. The van der Waals surface area contributed by atoms with E-state index >= 15 is 0 Å². The fourth-order valence-corrected chi connectivity index (χ4v) is 2.04. The van der Waals surface area contributed by atoms with Crippen LogP contribution in [0.15, 0.2) is 12.3 Å². The molecular formula is C12H19N3O3S. The topological polar surface area (TPSA) is 73.2 Å². The van der Waals surface area contributed by atoms with Gasteiger partial charge in [-0.05, 0) is 20.8 Å². The van der Waals surface area contributed by atoms with Gasteiger partial charge in [-0.1, -0.05) is 0 Å². The molecule has 1 heterocycles. The highest BCUT2D eigenvalue weighted by molar-refractivity contribution is 8.00.